The lowest BCUT2D eigenvalue weighted by molar-refractivity contribution is 0.215. The van der Waals surface area contributed by atoms with Gasteiger partial charge in [0.1, 0.15) is 0 Å². The molecular weight excluding hydrogens is 396 g/mol. The summed E-state index contributed by atoms with van der Waals surface area (Å²) in [5, 5.41) is 0. The summed E-state index contributed by atoms with van der Waals surface area (Å²) in [6.07, 6.45) is 35.6. The van der Waals surface area contributed by atoms with Gasteiger partial charge in [-0.1, -0.05) is 75.8 Å². The summed E-state index contributed by atoms with van der Waals surface area (Å²) < 4.78 is 0. The van der Waals surface area contributed by atoms with Gasteiger partial charge in [0.25, 0.3) is 0 Å². The van der Waals surface area contributed by atoms with Crippen molar-refractivity contribution < 1.29 is 0 Å². The van der Waals surface area contributed by atoms with E-state index in [1.165, 1.54) is 128 Å². The molecule has 0 nitrogen and oxygen atoms in total. The van der Waals surface area contributed by atoms with E-state index in [0.717, 1.165) is 35.5 Å². The summed E-state index contributed by atoms with van der Waals surface area (Å²) in [6.45, 7) is 11.0. The molecule has 2 atom stereocenters. The van der Waals surface area contributed by atoms with Crippen molar-refractivity contribution in [1.82, 2.24) is 0 Å². The van der Waals surface area contributed by atoms with E-state index < -0.39 is 0 Å². The first-order valence-electron chi connectivity index (χ1n) is 15.2. The highest BCUT2D eigenvalue weighted by Crippen LogP contribution is 2.44. The Kier molecular flexibility index (Phi) is 12.4. The minimum atomic E-state index is 0.828. The van der Waals surface area contributed by atoms with E-state index in [-0.39, 0.29) is 0 Å². The Morgan fingerprint density at radius 1 is 0.758 bits per heavy atom. The van der Waals surface area contributed by atoms with Gasteiger partial charge in [0, 0.05) is 0 Å². The highest BCUT2D eigenvalue weighted by atomic mass is 14.4. The zero-order chi connectivity index (χ0) is 23.3. The molecule has 3 fully saturated rings. The Hall–Kier alpha value is -0.780. The Bertz CT molecular complexity index is 567. The molecule has 0 aromatic carbocycles. The average Bonchev–Trinajstić information content (AvgIpc) is 2.86. The second-order valence-corrected chi connectivity index (χ2v) is 12.1. The molecule has 0 aromatic heterocycles. The fraction of sp³-hybridized carbons (Fsp3) is 0.818. The smallest absolute Gasteiger partial charge is 0.0175 e. The van der Waals surface area contributed by atoms with Crippen LogP contribution in [0, 0.1) is 35.5 Å². The third kappa shape index (κ3) is 9.07. The van der Waals surface area contributed by atoms with Gasteiger partial charge in [-0.05, 0) is 125 Å². The van der Waals surface area contributed by atoms with Crippen molar-refractivity contribution in [2.75, 3.05) is 0 Å². The van der Waals surface area contributed by atoms with Crippen LogP contribution in [0.5, 0.6) is 0 Å². The first-order chi connectivity index (χ1) is 16.2. The van der Waals surface area contributed by atoms with Gasteiger partial charge in [0.05, 0.1) is 0 Å². The topological polar surface area (TPSA) is 0 Å². The predicted octanol–water partition coefficient (Wildman–Crippen LogP) is 10.8. The number of rotatable bonds is 13. The highest BCUT2D eigenvalue weighted by Gasteiger charge is 2.32. The normalized spacial score (nSPS) is 33.2. The van der Waals surface area contributed by atoms with Crippen LogP contribution in [0.3, 0.4) is 0 Å². The van der Waals surface area contributed by atoms with Gasteiger partial charge < -0.3 is 0 Å². The quantitative estimate of drug-likeness (QED) is 0.192. The molecule has 0 N–H and O–H groups in total. The van der Waals surface area contributed by atoms with E-state index in [4.69, 9.17) is 6.58 Å². The van der Waals surface area contributed by atoms with Gasteiger partial charge in [-0.25, -0.2) is 0 Å². The number of unbranched alkanes of at least 4 members (excludes halogenated alkanes) is 2. The second-order valence-electron chi connectivity index (χ2n) is 12.1. The summed E-state index contributed by atoms with van der Waals surface area (Å²) in [4.78, 5) is 0. The minimum Gasteiger partial charge on any atom is -0.103 e. The molecule has 2 unspecified atom stereocenters. The average molecular weight is 453 g/mol. The van der Waals surface area contributed by atoms with Crippen LogP contribution in [0.15, 0.2) is 37.0 Å². The largest absolute Gasteiger partial charge is 0.103 e. The lowest BCUT2D eigenvalue weighted by Gasteiger charge is -2.38. The molecule has 188 valence electrons. The van der Waals surface area contributed by atoms with Crippen LogP contribution in [0.4, 0.5) is 0 Å². The number of hydrogen-bond donors (Lipinski definition) is 0. The summed E-state index contributed by atoms with van der Waals surface area (Å²) >= 11 is 0. The van der Waals surface area contributed by atoms with Gasteiger partial charge in [0.15, 0.2) is 0 Å². The number of hydrogen-bond acceptors (Lipinski definition) is 0. The SMILES string of the molecule is C=CCCC1CCC(/C=C/CCC2CCCCC2C(=C)C2CCC(CCCCC)CC2)CC1. The molecular formula is C33H56. The fourth-order valence-corrected chi connectivity index (χ4v) is 7.47. The van der Waals surface area contributed by atoms with Crippen molar-refractivity contribution in [3.63, 3.8) is 0 Å². The molecule has 0 radical (unpaired) electrons. The maximum atomic E-state index is 4.76. The Labute approximate surface area is 207 Å². The zero-order valence-electron chi connectivity index (χ0n) is 22.3. The second kappa shape index (κ2) is 15.3. The van der Waals surface area contributed by atoms with Gasteiger partial charge >= 0.3 is 0 Å². The van der Waals surface area contributed by atoms with Crippen molar-refractivity contribution in [3.8, 4) is 0 Å². The Balaban J connectivity index is 1.37. The monoisotopic (exact) mass is 452 g/mol. The molecule has 0 bridgehead atoms. The predicted molar refractivity (Wildman–Crippen MR) is 147 cm³/mol. The lowest BCUT2D eigenvalue weighted by atomic mass is 9.67. The maximum Gasteiger partial charge on any atom is -0.0175 e. The Morgan fingerprint density at radius 2 is 1.45 bits per heavy atom. The van der Waals surface area contributed by atoms with Crippen molar-refractivity contribution in [1.29, 1.82) is 0 Å². The lowest BCUT2D eigenvalue weighted by Crippen LogP contribution is -2.26. The van der Waals surface area contributed by atoms with Crippen molar-refractivity contribution in [3.05, 3.63) is 37.0 Å². The standard InChI is InChI=1S/C33H56/c1-4-6-8-14-30-23-25-31(26-24-30)27(3)33-18-12-11-17-32(33)16-10-9-15-29-21-19-28(20-22-29)13-7-5-2/h5,9,15,28-33H,2-4,6-8,10-14,16-26H2,1H3/b15-9+. The van der Waals surface area contributed by atoms with Crippen LogP contribution in [0.2, 0.25) is 0 Å². The molecule has 3 saturated carbocycles. The highest BCUT2D eigenvalue weighted by molar-refractivity contribution is 5.10. The van der Waals surface area contributed by atoms with Gasteiger partial charge in [-0.15, -0.1) is 6.58 Å². The van der Waals surface area contributed by atoms with Crippen molar-refractivity contribution in [2.24, 2.45) is 35.5 Å². The molecule has 3 aliphatic carbocycles. The molecule has 0 amide bonds. The molecule has 0 saturated heterocycles. The van der Waals surface area contributed by atoms with Gasteiger partial charge in [0.2, 0.25) is 0 Å². The third-order valence-electron chi connectivity index (χ3n) is 9.76. The summed E-state index contributed by atoms with van der Waals surface area (Å²) in [7, 11) is 0. The van der Waals surface area contributed by atoms with E-state index in [0.29, 0.717) is 0 Å². The van der Waals surface area contributed by atoms with E-state index in [1.807, 2.05) is 0 Å². The van der Waals surface area contributed by atoms with Crippen LogP contribution in [0.25, 0.3) is 0 Å². The van der Waals surface area contributed by atoms with E-state index in [1.54, 1.807) is 5.57 Å². The molecule has 3 aliphatic rings. The zero-order valence-corrected chi connectivity index (χ0v) is 22.3. The third-order valence-corrected chi connectivity index (χ3v) is 9.76. The van der Waals surface area contributed by atoms with E-state index in [2.05, 4.69) is 31.7 Å². The Morgan fingerprint density at radius 3 is 2.18 bits per heavy atom. The molecule has 0 aliphatic heterocycles. The maximum absolute atomic E-state index is 4.76. The molecule has 33 heavy (non-hydrogen) atoms. The van der Waals surface area contributed by atoms with Crippen molar-refractivity contribution in [2.45, 2.75) is 135 Å². The molecule has 0 aromatic rings. The van der Waals surface area contributed by atoms with Gasteiger partial charge in [-0.3, -0.25) is 0 Å². The van der Waals surface area contributed by atoms with E-state index >= 15 is 0 Å². The molecule has 0 spiro atoms. The minimum absolute atomic E-state index is 0.828. The fourth-order valence-electron chi connectivity index (χ4n) is 7.47. The summed E-state index contributed by atoms with van der Waals surface area (Å²) in [5.74, 6) is 5.42. The van der Waals surface area contributed by atoms with Crippen LogP contribution in [0.1, 0.15) is 135 Å². The van der Waals surface area contributed by atoms with Crippen molar-refractivity contribution >= 4 is 0 Å². The summed E-state index contributed by atoms with van der Waals surface area (Å²) in [5.41, 5.74) is 1.67. The first kappa shape index (κ1) is 26.8. The van der Waals surface area contributed by atoms with Gasteiger partial charge in [-0.2, -0.15) is 0 Å². The van der Waals surface area contributed by atoms with Crippen LogP contribution < -0.4 is 0 Å². The summed E-state index contributed by atoms with van der Waals surface area (Å²) in [6, 6.07) is 0. The first-order valence-corrected chi connectivity index (χ1v) is 15.2. The van der Waals surface area contributed by atoms with Crippen LogP contribution in [-0.2, 0) is 0 Å². The molecule has 0 heterocycles. The molecule has 0 heteroatoms. The van der Waals surface area contributed by atoms with Crippen LogP contribution in [-0.4, -0.2) is 0 Å². The molecule has 3 rings (SSSR count). The van der Waals surface area contributed by atoms with E-state index in [9.17, 15) is 0 Å². The van der Waals surface area contributed by atoms with Crippen LogP contribution >= 0.6 is 0 Å². The number of allylic oxidation sites excluding steroid dienone is 4.